The van der Waals surface area contributed by atoms with Crippen LogP contribution in [-0.2, 0) is 25.6 Å². The Bertz CT molecular complexity index is 553. The van der Waals surface area contributed by atoms with Gasteiger partial charge in [0.05, 0.1) is 26.1 Å². The Morgan fingerprint density at radius 3 is 2.15 bits per heavy atom. The van der Waals surface area contributed by atoms with E-state index < -0.39 is 0 Å². The zero-order valence-electron chi connectivity index (χ0n) is 16.0. The third kappa shape index (κ3) is 6.45. The Morgan fingerprint density at radius 2 is 1.58 bits per heavy atom. The zero-order valence-corrected chi connectivity index (χ0v) is 16.0. The molecule has 144 valence electrons. The number of benzene rings is 1. The van der Waals surface area contributed by atoms with Crippen LogP contribution in [0.2, 0.25) is 0 Å². The minimum Gasteiger partial charge on any atom is -0.466 e. The van der Waals surface area contributed by atoms with Gasteiger partial charge in [-0.3, -0.25) is 14.5 Å². The second-order valence-corrected chi connectivity index (χ2v) is 7.08. The molecule has 1 aliphatic heterocycles. The van der Waals surface area contributed by atoms with E-state index in [1.165, 1.54) is 5.56 Å². The molecule has 0 saturated carbocycles. The first-order valence-corrected chi connectivity index (χ1v) is 9.64. The SMILES string of the molecule is CCOC(=O)CC1(CC(=O)OCC)CCCN(Cc2ccccc2)CC1. The number of carbonyl (C=O) groups is 2. The van der Waals surface area contributed by atoms with E-state index in [1.54, 1.807) is 0 Å². The number of hydrogen-bond acceptors (Lipinski definition) is 5. The van der Waals surface area contributed by atoms with Gasteiger partial charge in [0, 0.05) is 6.54 Å². The minimum atomic E-state index is -0.357. The second-order valence-electron chi connectivity index (χ2n) is 7.08. The third-order valence-corrected chi connectivity index (χ3v) is 5.04. The highest BCUT2D eigenvalue weighted by atomic mass is 16.5. The van der Waals surface area contributed by atoms with Gasteiger partial charge in [-0.15, -0.1) is 0 Å². The van der Waals surface area contributed by atoms with Gasteiger partial charge in [-0.25, -0.2) is 0 Å². The van der Waals surface area contributed by atoms with E-state index in [0.29, 0.717) is 26.1 Å². The Kier molecular flexibility index (Phi) is 8.10. The van der Waals surface area contributed by atoms with Gasteiger partial charge >= 0.3 is 11.9 Å². The summed E-state index contributed by atoms with van der Waals surface area (Å²) in [4.78, 5) is 26.7. The Balaban J connectivity index is 2.04. The fraction of sp³-hybridized carbons (Fsp3) is 0.619. The molecule has 1 aromatic carbocycles. The number of ether oxygens (including phenoxy) is 2. The maximum Gasteiger partial charge on any atom is 0.306 e. The smallest absolute Gasteiger partial charge is 0.306 e. The van der Waals surface area contributed by atoms with E-state index in [0.717, 1.165) is 38.9 Å². The molecule has 0 atom stereocenters. The lowest BCUT2D eigenvalue weighted by Gasteiger charge is -2.31. The van der Waals surface area contributed by atoms with Gasteiger partial charge in [-0.1, -0.05) is 30.3 Å². The quantitative estimate of drug-likeness (QED) is 0.663. The molecule has 0 N–H and O–H groups in total. The summed E-state index contributed by atoms with van der Waals surface area (Å²) in [5.41, 5.74) is 0.931. The van der Waals surface area contributed by atoms with Crippen LogP contribution in [0.25, 0.3) is 0 Å². The molecule has 5 heteroatoms. The molecule has 26 heavy (non-hydrogen) atoms. The number of carbonyl (C=O) groups excluding carboxylic acids is 2. The van der Waals surface area contributed by atoms with E-state index in [1.807, 2.05) is 19.9 Å². The first-order valence-electron chi connectivity index (χ1n) is 9.64. The van der Waals surface area contributed by atoms with Crippen molar-refractivity contribution in [2.24, 2.45) is 5.41 Å². The standard InChI is InChI=1S/C21H31NO4/c1-3-25-19(23)15-21(16-20(24)26-4-2)11-8-13-22(14-12-21)17-18-9-6-5-7-10-18/h5-7,9-10H,3-4,8,11-17H2,1-2H3. The first kappa shape index (κ1) is 20.4. The molecule has 0 radical (unpaired) electrons. The normalized spacial score (nSPS) is 17.3. The lowest BCUT2D eigenvalue weighted by Crippen LogP contribution is -2.31. The van der Waals surface area contributed by atoms with Crippen LogP contribution < -0.4 is 0 Å². The molecule has 1 aliphatic rings. The second kappa shape index (κ2) is 10.3. The summed E-state index contributed by atoms with van der Waals surface area (Å²) in [6, 6.07) is 10.4. The predicted molar refractivity (Wildman–Crippen MR) is 101 cm³/mol. The van der Waals surface area contributed by atoms with E-state index >= 15 is 0 Å². The maximum absolute atomic E-state index is 12.2. The van der Waals surface area contributed by atoms with E-state index in [4.69, 9.17) is 9.47 Å². The van der Waals surface area contributed by atoms with Crippen molar-refractivity contribution in [1.82, 2.24) is 4.90 Å². The van der Waals surface area contributed by atoms with Crippen LogP contribution in [0.15, 0.2) is 30.3 Å². The van der Waals surface area contributed by atoms with Crippen molar-refractivity contribution in [3.8, 4) is 0 Å². The molecular weight excluding hydrogens is 330 g/mol. The lowest BCUT2D eigenvalue weighted by atomic mass is 9.75. The Morgan fingerprint density at radius 1 is 0.962 bits per heavy atom. The lowest BCUT2D eigenvalue weighted by molar-refractivity contribution is -0.150. The van der Waals surface area contributed by atoms with Crippen molar-refractivity contribution in [2.45, 2.75) is 52.5 Å². The van der Waals surface area contributed by atoms with Crippen LogP contribution in [0.3, 0.4) is 0 Å². The van der Waals surface area contributed by atoms with E-state index in [-0.39, 0.29) is 17.4 Å². The molecule has 1 fully saturated rings. The van der Waals surface area contributed by atoms with Gasteiger partial charge in [0.2, 0.25) is 0 Å². The van der Waals surface area contributed by atoms with Crippen LogP contribution in [0.4, 0.5) is 0 Å². The molecule has 0 bridgehead atoms. The molecule has 1 saturated heterocycles. The van der Waals surface area contributed by atoms with Crippen molar-refractivity contribution < 1.29 is 19.1 Å². The van der Waals surface area contributed by atoms with Gasteiger partial charge in [0.1, 0.15) is 0 Å². The number of esters is 2. The van der Waals surface area contributed by atoms with Crippen LogP contribution in [0.1, 0.15) is 51.5 Å². The molecule has 1 heterocycles. The number of rotatable bonds is 8. The summed E-state index contributed by atoms with van der Waals surface area (Å²) in [6.07, 6.45) is 3.19. The molecule has 0 aliphatic carbocycles. The van der Waals surface area contributed by atoms with Crippen molar-refractivity contribution in [1.29, 1.82) is 0 Å². The zero-order chi connectivity index (χ0) is 18.8. The highest BCUT2D eigenvalue weighted by Gasteiger charge is 2.38. The minimum absolute atomic E-state index is 0.215. The van der Waals surface area contributed by atoms with Crippen LogP contribution >= 0.6 is 0 Å². The molecule has 0 aromatic heterocycles. The third-order valence-electron chi connectivity index (χ3n) is 5.04. The molecule has 0 unspecified atom stereocenters. The summed E-state index contributed by atoms with van der Waals surface area (Å²) in [5.74, 6) is -0.429. The molecule has 0 amide bonds. The molecule has 1 aromatic rings. The summed E-state index contributed by atoms with van der Waals surface area (Å²) < 4.78 is 10.3. The Hall–Kier alpha value is -1.88. The maximum atomic E-state index is 12.2. The van der Waals surface area contributed by atoms with E-state index in [2.05, 4.69) is 29.2 Å². The van der Waals surface area contributed by atoms with Crippen LogP contribution in [-0.4, -0.2) is 43.1 Å². The highest BCUT2D eigenvalue weighted by molar-refractivity contribution is 5.74. The van der Waals surface area contributed by atoms with Gasteiger partial charge in [0.15, 0.2) is 0 Å². The summed E-state index contributed by atoms with van der Waals surface area (Å²) in [5, 5.41) is 0. The summed E-state index contributed by atoms with van der Waals surface area (Å²) >= 11 is 0. The topological polar surface area (TPSA) is 55.8 Å². The van der Waals surface area contributed by atoms with Gasteiger partial charge in [-0.2, -0.15) is 0 Å². The van der Waals surface area contributed by atoms with Crippen molar-refractivity contribution >= 4 is 11.9 Å². The predicted octanol–water partition coefficient (Wildman–Crippen LogP) is 3.57. The molecular formula is C21H31NO4. The summed E-state index contributed by atoms with van der Waals surface area (Å²) in [6.45, 7) is 7.10. The van der Waals surface area contributed by atoms with E-state index in [9.17, 15) is 9.59 Å². The first-order chi connectivity index (χ1) is 12.6. The Labute approximate surface area is 156 Å². The van der Waals surface area contributed by atoms with Gasteiger partial charge < -0.3 is 9.47 Å². The summed E-state index contributed by atoms with van der Waals surface area (Å²) in [7, 11) is 0. The molecule has 0 spiro atoms. The van der Waals surface area contributed by atoms with Crippen molar-refractivity contribution in [2.75, 3.05) is 26.3 Å². The number of nitrogens with zero attached hydrogens (tertiary/aromatic N) is 1. The fourth-order valence-corrected chi connectivity index (χ4v) is 3.76. The van der Waals surface area contributed by atoms with Gasteiger partial charge in [0.25, 0.3) is 0 Å². The molecule has 2 rings (SSSR count). The average Bonchev–Trinajstić information content (AvgIpc) is 2.79. The van der Waals surface area contributed by atoms with Gasteiger partial charge in [-0.05, 0) is 57.2 Å². The average molecular weight is 361 g/mol. The number of likely N-dealkylation sites (tertiary alicyclic amines) is 1. The number of hydrogen-bond donors (Lipinski definition) is 0. The molecule has 5 nitrogen and oxygen atoms in total. The van der Waals surface area contributed by atoms with Crippen molar-refractivity contribution in [3.63, 3.8) is 0 Å². The largest absolute Gasteiger partial charge is 0.466 e. The fourth-order valence-electron chi connectivity index (χ4n) is 3.76. The van der Waals surface area contributed by atoms with Crippen LogP contribution in [0, 0.1) is 5.41 Å². The van der Waals surface area contributed by atoms with Crippen molar-refractivity contribution in [3.05, 3.63) is 35.9 Å². The van der Waals surface area contributed by atoms with Crippen LogP contribution in [0.5, 0.6) is 0 Å². The monoisotopic (exact) mass is 361 g/mol. The highest BCUT2D eigenvalue weighted by Crippen LogP contribution is 2.39.